The van der Waals surface area contributed by atoms with Crippen molar-refractivity contribution < 1.29 is 18.7 Å². The van der Waals surface area contributed by atoms with Gasteiger partial charge in [0.1, 0.15) is 5.69 Å². The lowest BCUT2D eigenvalue weighted by Gasteiger charge is -2.09. The van der Waals surface area contributed by atoms with Crippen LogP contribution in [0, 0.1) is 5.82 Å². The Morgan fingerprint density at radius 3 is 2.72 bits per heavy atom. The van der Waals surface area contributed by atoms with Crippen LogP contribution in [0.3, 0.4) is 0 Å². The maximum absolute atomic E-state index is 13.7. The summed E-state index contributed by atoms with van der Waals surface area (Å²) in [5.74, 6) is -2.93. The number of aromatic amines is 1. The van der Waals surface area contributed by atoms with Gasteiger partial charge in [0, 0.05) is 6.07 Å². The van der Waals surface area contributed by atoms with Gasteiger partial charge in [-0.05, 0) is 0 Å². The van der Waals surface area contributed by atoms with Gasteiger partial charge in [-0.2, -0.15) is 4.98 Å². The molecule has 2 aromatic heterocycles. The number of hydrogen-bond donors (Lipinski definition) is 5. The molecule has 0 aliphatic carbocycles. The zero-order valence-corrected chi connectivity index (χ0v) is 12.9. The highest BCUT2D eigenvalue weighted by Gasteiger charge is 2.15. The van der Waals surface area contributed by atoms with Crippen LogP contribution in [0.1, 0.15) is 10.5 Å². The highest BCUT2D eigenvalue weighted by atomic mass is 19.1. The number of H-pyrrole nitrogens is 1. The number of carbonyl (C=O) groups excluding carboxylic acids is 2. The zero-order chi connectivity index (χ0) is 18.6. The van der Waals surface area contributed by atoms with E-state index in [1.165, 1.54) is 0 Å². The fourth-order valence-corrected chi connectivity index (χ4v) is 1.78. The van der Waals surface area contributed by atoms with Crippen LogP contribution in [0.25, 0.3) is 0 Å². The third kappa shape index (κ3) is 4.19. The Morgan fingerprint density at radius 1 is 1.40 bits per heavy atom. The van der Waals surface area contributed by atoms with Crippen LogP contribution in [-0.4, -0.2) is 40.5 Å². The third-order valence-corrected chi connectivity index (χ3v) is 2.90. The summed E-state index contributed by atoms with van der Waals surface area (Å²) < 4.78 is 18.1. The first-order chi connectivity index (χ1) is 11.8. The van der Waals surface area contributed by atoms with Crippen LogP contribution in [0.2, 0.25) is 0 Å². The van der Waals surface area contributed by atoms with E-state index < -0.39 is 28.9 Å². The first-order valence-corrected chi connectivity index (χ1v) is 6.74. The van der Waals surface area contributed by atoms with E-state index in [0.717, 1.165) is 19.4 Å². The number of rotatable bonds is 5. The predicted molar refractivity (Wildman–Crippen MR) is 86.3 cm³/mol. The van der Waals surface area contributed by atoms with Crippen molar-refractivity contribution in [2.45, 2.75) is 0 Å². The second-order valence-corrected chi connectivity index (χ2v) is 4.66. The SMILES string of the molecule is COC(=O)c1ncc(NCC(=O)Nc2c(N)nc(N)[nH]c2=O)cc1F. The van der Waals surface area contributed by atoms with Gasteiger partial charge in [0.15, 0.2) is 17.3 Å². The van der Waals surface area contributed by atoms with E-state index in [1.807, 2.05) is 0 Å². The summed E-state index contributed by atoms with van der Waals surface area (Å²) in [6, 6.07) is 0.971. The molecule has 25 heavy (non-hydrogen) atoms. The van der Waals surface area contributed by atoms with Crippen molar-refractivity contribution in [2.75, 3.05) is 35.8 Å². The Kier molecular flexibility index (Phi) is 5.12. The van der Waals surface area contributed by atoms with Crippen molar-refractivity contribution in [2.24, 2.45) is 0 Å². The van der Waals surface area contributed by atoms with Crippen molar-refractivity contribution in [3.8, 4) is 0 Å². The fourth-order valence-electron chi connectivity index (χ4n) is 1.78. The number of nitrogen functional groups attached to an aromatic ring is 2. The lowest BCUT2D eigenvalue weighted by molar-refractivity contribution is -0.114. The minimum absolute atomic E-state index is 0.137. The van der Waals surface area contributed by atoms with Crippen LogP contribution in [0.5, 0.6) is 0 Å². The van der Waals surface area contributed by atoms with Crippen molar-refractivity contribution in [1.82, 2.24) is 15.0 Å². The maximum atomic E-state index is 13.7. The zero-order valence-electron chi connectivity index (χ0n) is 12.9. The van der Waals surface area contributed by atoms with Gasteiger partial charge in [-0.25, -0.2) is 14.2 Å². The number of anilines is 4. The number of pyridine rings is 1. The Bertz CT molecular complexity index is 883. The van der Waals surface area contributed by atoms with Crippen molar-refractivity contribution in [3.05, 3.63) is 34.1 Å². The summed E-state index contributed by atoms with van der Waals surface area (Å²) in [6.45, 7) is -0.331. The minimum atomic E-state index is -0.924. The molecular weight excluding hydrogens is 337 g/mol. The molecule has 12 heteroatoms. The largest absolute Gasteiger partial charge is 0.464 e. The van der Waals surface area contributed by atoms with Crippen LogP contribution in [0.15, 0.2) is 17.1 Å². The van der Waals surface area contributed by atoms with Crippen LogP contribution in [0.4, 0.5) is 27.5 Å². The summed E-state index contributed by atoms with van der Waals surface area (Å²) in [5, 5.41) is 4.83. The quantitative estimate of drug-likeness (QED) is 0.436. The van der Waals surface area contributed by atoms with E-state index in [9.17, 15) is 18.8 Å². The van der Waals surface area contributed by atoms with Crippen molar-refractivity contribution in [3.63, 3.8) is 0 Å². The molecule has 0 atom stereocenters. The van der Waals surface area contributed by atoms with Gasteiger partial charge in [0.25, 0.3) is 5.56 Å². The number of carbonyl (C=O) groups is 2. The highest BCUT2D eigenvalue weighted by molar-refractivity contribution is 5.95. The highest BCUT2D eigenvalue weighted by Crippen LogP contribution is 2.13. The number of aromatic nitrogens is 3. The van der Waals surface area contributed by atoms with Gasteiger partial charge >= 0.3 is 5.97 Å². The lowest BCUT2D eigenvalue weighted by atomic mass is 10.3. The van der Waals surface area contributed by atoms with E-state index in [0.29, 0.717) is 0 Å². The average Bonchev–Trinajstić information content (AvgIpc) is 2.55. The van der Waals surface area contributed by atoms with Crippen molar-refractivity contribution in [1.29, 1.82) is 0 Å². The van der Waals surface area contributed by atoms with E-state index >= 15 is 0 Å². The summed E-state index contributed by atoms with van der Waals surface area (Å²) in [5.41, 5.74) is 9.49. The molecule has 7 N–H and O–H groups in total. The molecule has 2 aromatic rings. The second kappa shape index (κ2) is 7.25. The number of esters is 1. The molecule has 0 aliphatic heterocycles. The Morgan fingerprint density at radius 2 is 2.12 bits per heavy atom. The maximum Gasteiger partial charge on any atom is 0.359 e. The molecule has 0 saturated carbocycles. The molecule has 0 saturated heterocycles. The Hall–Kier alpha value is -3.70. The van der Waals surface area contributed by atoms with E-state index in [-0.39, 0.29) is 29.7 Å². The molecule has 0 spiro atoms. The smallest absolute Gasteiger partial charge is 0.359 e. The number of nitrogens with one attached hydrogen (secondary N) is 3. The average molecular weight is 351 g/mol. The van der Waals surface area contributed by atoms with Gasteiger partial charge < -0.3 is 26.8 Å². The Labute approximate surface area is 139 Å². The summed E-state index contributed by atoms with van der Waals surface area (Å²) >= 11 is 0. The fraction of sp³-hybridized carbons (Fsp3) is 0.154. The molecule has 2 rings (SSSR count). The minimum Gasteiger partial charge on any atom is -0.464 e. The van der Waals surface area contributed by atoms with Crippen LogP contribution >= 0.6 is 0 Å². The number of nitrogens with zero attached hydrogens (tertiary/aromatic N) is 2. The van der Waals surface area contributed by atoms with E-state index in [4.69, 9.17) is 11.5 Å². The van der Waals surface area contributed by atoms with Crippen molar-refractivity contribution >= 4 is 35.0 Å². The first kappa shape index (κ1) is 17.7. The molecule has 0 unspecified atom stereocenters. The first-order valence-electron chi connectivity index (χ1n) is 6.74. The molecule has 2 heterocycles. The summed E-state index contributed by atoms with van der Waals surface area (Å²) in [6.07, 6.45) is 1.15. The number of methoxy groups -OCH3 is 1. The standard InChI is InChI=1S/C13H14FN7O4/c1-25-12(24)8-6(14)2-5(3-18-8)17-4-7(22)19-9-10(15)20-13(16)21-11(9)23/h2-3,17H,4H2,1H3,(H,19,22)(H5,15,16,20,21,23). The summed E-state index contributed by atoms with van der Waals surface area (Å²) in [4.78, 5) is 44.1. The number of hydrogen-bond acceptors (Lipinski definition) is 9. The van der Waals surface area contributed by atoms with Gasteiger partial charge in [-0.1, -0.05) is 0 Å². The topological polar surface area (TPSA) is 178 Å². The molecular formula is C13H14FN7O4. The second-order valence-electron chi connectivity index (χ2n) is 4.66. The number of amides is 1. The molecule has 0 radical (unpaired) electrons. The number of halogens is 1. The molecule has 132 valence electrons. The molecule has 0 aliphatic rings. The van der Waals surface area contributed by atoms with E-state index in [1.54, 1.807) is 0 Å². The summed E-state index contributed by atoms with van der Waals surface area (Å²) in [7, 11) is 1.10. The van der Waals surface area contributed by atoms with Crippen LogP contribution < -0.4 is 27.7 Å². The third-order valence-electron chi connectivity index (χ3n) is 2.90. The van der Waals surface area contributed by atoms with Gasteiger partial charge in [0.05, 0.1) is 25.5 Å². The van der Waals surface area contributed by atoms with Crippen LogP contribution in [-0.2, 0) is 9.53 Å². The normalized spacial score (nSPS) is 10.2. The number of nitrogens with two attached hydrogens (primary N) is 2. The lowest BCUT2D eigenvalue weighted by Crippen LogP contribution is -2.27. The molecule has 11 nitrogen and oxygen atoms in total. The van der Waals surface area contributed by atoms with Gasteiger partial charge in [-0.15, -0.1) is 0 Å². The Balaban J connectivity index is 2.02. The molecule has 1 amide bonds. The number of ether oxygens (including phenoxy) is 1. The van der Waals surface area contributed by atoms with Gasteiger partial charge in [0.2, 0.25) is 11.9 Å². The predicted octanol–water partition coefficient (Wildman–Crippen LogP) is -0.694. The molecule has 0 aromatic carbocycles. The van der Waals surface area contributed by atoms with E-state index in [2.05, 4.69) is 30.3 Å². The molecule has 0 fully saturated rings. The van der Waals surface area contributed by atoms with Gasteiger partial charge in [-0.3, -0.25) is 14.6 Å². The monoisotopic (exact) mass is 351 g/mol. The molecule has 0 bridgehead atoms.